The third-order valence-corrected chi connectivity index (χ3v) is 5.02. The first-order valence-electron chi connectivity index (χ1n) is 7.95. The van der Waals surface area contributed by atoms with Crippen LogP contribution in [0.5, 0.6) is 5.75 Å². The first-order valence-corrected chi connectivity index (χ1v) is 8.74. The maximum absolute atomic E-state index is 13.7. The van der Waals surface area contributed by atoms with Crippen LogP contribution in [0.3, 0.4) is 0 Å². The molecule has 0 radical (unpaired) electrons. The molecule has 1 saturated heterocycles. The summed E-state index contributed by atoms with van der Waals surface area (Å²) in [5, 5.41) is 20.5. The summed E-state index contributed by atoms with van der Waals surface area (Å²) >= 11 is 3.17. The molecule has 128 valence electrons. The number of aromatic nitrogens is 1. The zero-order valence-corrected chi connectivity index (χ0v) is 15.3. The number of aryl methyl sites for hydroxylation is 1. The molecule has 2 heterocycles. The lowest BCUT2D eigenvalue weighted by molar-refractivity contribution is 0.0839. The van der Waals surface area contributed by atoms with Gasteiger partial charge in [0.2, 0.25) is 0 Å². The molecule has 0 spiro atoms. The second-order valence-corrected chi connectivity index (χ2v) is 7.35. The number of pyridine rings is 1. The normalized spacial score (nSPS) is 20.6. The lowest BCUT2D eigenvalue weighted by Gasteiger charge is -2.23. The first kappa shape index (κ1) is 17.2. The van der Waals surface area contributed by atoms with E-state index in [0.717, 1.165) is 24.3 Å². The molecule has 24 heavy (non-hydrogen) atoms. The number of phenolic OH excluding ortho intramolecular Hbond substituents is 1. The van der Waals surface area contributed by atoms with E-state index in [1.165, 1.54) is 12.1 Å². The van der Waals surface area contributed by atoms with Crippen molar-refractivity contribution in [3.8, 4) is 16.9 Å². The minimum atomic E-state index is -0.717. The molecule has 1 aromatic carbocycles. The van der Waals surface area contributed by atoms with Crippen LogP contribution in [0.25, 0.3) is 11.1 Å². The van der Waals surface area contributed by atoms with Crippen LogP contribution in [0.15, 0.2) is 28.9 Å². The van der Waals surface area contributed by atoms with Crippen LogP contribution in [0, 0.1) is 5.82 Å². The number of rotatable bonds is 3. The highest BCUT2D eigenvalue weighted by Crippen LogP contribution is 2.38. The third kappa shape index (κ3) is 3.26. The summed E-state index contributed by atoms with van der Waals surface area (Å²) in [4.78, 5) is 6.59. The molecule has 2 aromatic rings. The van der Waals surface area contributed by atoms with Crippen molar-refractivity contribution >= 4 is 21.6 Å². The Labute approximate surface area is 149 Å². The van der Waals surface area contributed by atoms with E-state index in [0.29, 0.717) is 28.6 Å². The molecule has 1 aliphatic heterocycles. The minimum absolute atomic E-state index is 0.0122. The predicted octanol–water partition coefficient (Wildman–Crippen LogP) is 3.88. The Hall–Kier alpha value is -1.66. The van der Waals surface area contributed by atoms with E-state index in [4.69, 9.17) is 0 Å². The summed E-state index contributed by atoms with van der Waals surface area (Å²) in [7, 11) is 0. The standard InChI is InChI=1S/C18H20BrFN2O2/c1-3-15-16(22-5-4-18(2,24)10-22)6-11(9-21-15)13-7-12(20)8-14(19)17(13)23/h6-9,23-24H,3-5,10H2,1-2H3/t18-/m1/s1. The molecular formula is C18H20BrFN2O2. The number of phenols is 1. The monoisotopic (exact) mass is 394 g/mol. The zero-order valence-electron chi connectivity index (χ0n) is 13.7. The van der Waals surface area contributed by atoms with E-state index >= 15 is 0 Å². The number of aliphatic hydroxyl groups is 1. The van der Waals surface area contributed by atoms with Gasteiger partial charge in [-0.2, -0.15) is 0 Å². The summed E-state index contributed by atoms with van der Waals surface area (Å²) in [6, 6.07) is 4.44. The molecule has 0 aliphatic carbocycles. The summed E-state index contributed by atoms with van der Waals surface area (Å²) in [6.07, 6.45) is 3.10. The maximum atomic E-state index is 13.7. The Balaban J connectivity index is 2.07. The van der Waals surface area contributed by atoms with Gasteiger partial charge in [0.15, 0.2) is 0 Å². The van der Waals surface area contributed by atoms with Crippen LogP contribution < -0.4 is 4.90 Å². The Bertz CT molecular complexity index is 780. The van der Waals surface area contributed by atoms with E-state index in [-0.39, 0.29) is 5.75 Å². The number of aromatic hydroxyl groups is 1. The van der Waals surface area contributed by atoms with Crippen molar-refractivity contribution in [3.05, 3.63) is 40.4 Å². The first-order chi connectivity index (χ1) is 11.3. The molecular weight excluding hydrogens is 375 g/mol. The fraction of sp³-hybridized carbons (Fsp3) is 0.389. The quantitative estimate of drug-likeness (QED) is 0.829. The van der Waals surface area contributed by atoms with Crippen molar-refractivity contribution in [2.75, 3.05) is 18.0 Å². The second-order valence-electron chi connectivity index (χ2n) is 6.50. The molecule has 0 bridgehead atoms. The van der Waals surface area contributed by atoms with Gasteiger partial charge in [-0.25, -0.2) is 4.39 Å². The van der Waals surface area contributed by atoms with Gasteiger partial charge in [0, 0.05) is 30.4 Å². The van der Waals surface area contributed by atoms with Gasteiger partial charge >= 0.3 is 0 Å². The smallest absolute Gasteiger partial charge is 0.137 e. The molecule has 4 nitrogen and oxygen atoms in total. The molecule has 0 unspecified atom stereocenters. The van der Waals surface area contributed by atoms with Crippen molar-refractivity contribution in [3.63, 3.8) is 0 Å². The fourth-order valence-corrected chi connectivity index (χ4v) is 3.54. The van der Waals surface area contributed by atoms with Crippen molar-refractivity contribution in [1.29, 1.82) is 0 Å². The van der Waals surface area contributed by atoms with E-state index in [1.807, 2.05) is 19.9 Å². The molecule has 0 amide bonds. The van der Waals surface area contributed by atoms with Gasteiger partial charge in [0.25, 0.3) is 0 Å². The molecule has 1 aromatic heterocycles. The van der Waals surface area contributed by atoms with Crippen LogP contribution in [-0.4, -0.2) is 33.9 Å². The maximum Gasteiger partial charge on any atom is 0.137 e. The topological polar surface area (TPSA) is 56.6 Å². The number of halogens is 2. The van der Waals surface area contributed by atoms with E-state index in [9.17, 15) is 14.6 Å². The molecule has 1 aliphatic rings. The van der Waals surface area contributed by atoms with Crippen molar-refractivity contribution in [2.45, 2.75) is 32.3 Å². The van der Waals surface area contributed by atoms with Crippen LogP contribution in [0.2, 0.25) is 0 Å². The molecule has 6 heteroatoms. The van der Waals surface area contributed by atoms with Crippen molar-refractivity contribution < 1.29 is 14.6 Å². The lowest BCUT2D eigenvalue weighted by atomic mass is 10.0. The van der Waals surface area contributed by atoms with Crippen molar-refractivity contribution in [2.24, 2.45) is 0 Å². The number of benzene rings is 1. The Morgan fingerprint density at radius 3 is 2.75 bits per heavy atom. The largest absolute Gasteiger partial charge is 0.506 e. The van der Waals surface area contributed by atoms with Gasteiger partial charge < -0.3 is 15.1 Å². The highest BCUT2D eigenvalue weighted by atomic mass is 79.9. The van der Waals surface area contributed by atoms with Crippen LogP contribution in [0.4, 0.5) is 10.1 Å². The summed E-state index contributed by atoms with van der Waals surface area (Å²) in [6.45, 7) is 5.12. The highest BCUT2D eigenvalue weighted by molar-refractivity contribution is 9.10. The van der Waals surface area contributed by atoms with E-state index < -0.39 is 11.4 Å². The average molecular weight is 395 g/mol. The van der Waals surface area contributed by atoms with Crippen LogP contribution in [-0.2, 0) is 6.42 Å². The average Bonchev–Trinajstić information content (AvgIpc) is 2.90. The van der Waals surface area contributed by atoms with Gasteiger partial charge in [0.05, 0.1) is 21.5 Å². The number of nitrogens with zero attached hydrogens (tertiary/aromatic N) is 2. The number of anilines is 1. The van der Waals surface area contributed by atoms with Crippen LogP contribution in [0.1, 0.15) is 26.0 Å². The van der Waals surface area contributed by atoms with Gasteiger partial charge in [-0.1, -0.05) is 6.92 Å². The van der Waals surface area contributed by atoms with Gasteiger partial charge in [0.1, 0.15) is 11.6 Å². The SMILES string of the molecule is CCc1ncc(-c2cc(F)cc(Br)c2O)cc1N1CC[C@@](C)(O)C1. The number of hydrogen-bond acceptors (Lipinski definition) is 4. The molecule has 1 fully saturated rings. The number of hydrogen-bond donors (Lipinski definition) is 2. The Kier molecular flexibility index (Phi) is 4.53. The Morgan fingerprint density at radius 2 is 2.12 bits per heavy atom. The Morgan fingerprint density at radius 1 is 1.38 bits per heavy atom. The zero-order chi connectivity index (χ0) is 17.5. The van der Waals surface area contributed by atoms with Gasteiger partial charge in [-0.3, -0.25) is 4.98 Å². The van der Waals surface area contributed by atoms with E-state index in [2.05, 4.69) is 25.8 Å². The van der Waals surface area contributed by atoms with Gasteiger partial charge in [-0.05, 0) is 53.9 Å². The summed E-state index contributed by atoms with van der Waals surface area (Å²) < 4.78 is 14.0. The summed E-state index contributed by atoms with van der Waals surface area (Å²) in [5.74, 6) is -0.443. The number of β-amino-alcohol motifs (C(OH)–C–C–N with tert-alkyl or cyclic N) is 1. The second kappa shape index (κ2) is 6.33. The molecule has 0 saturated carbocycles. The van der Waals surface area contributed by atoms with Crippen molar-refractivity contribution in [1.82, 2.24) is 4.98 Å². The van der Waals surface area contributed by atoms with E-state index in [1.54, 1.807) is 6.20 Å². The molecule has 3 rings (SSSR count). The van der Waals surface area contributed by atoms with Gasteiger partial charge in [-0.15, -0.1) is 0 Å². The predicted molar refractivity (Wildman–Crippen MR) is 95.8 cm³/mol. The highest BCUT2D eigenvalue weighted by Gasteiger charge is 2.32. The van der Waals surface area contributed by atoms with Crippen LogP contribution >= 0.6 is 15.9 Å². The fourth-order valence-electron chi connectivity index (χ4n) is 3.11. The lowest BCUT2D eigenvalue weighted by Crippen LogP contribution is -2.30. The summed E-state index contributed by atoms with van der Waals surface area (Å²) in [5.41, 5.74) is 2.17. The molecule has 2 N–H and O–H groups in total. The molecule has 1 atom stereocenters. The third-order valence-electron chi connectivity index (χ3n) is 4.41. The minimum Gasteiger partial charge on any atom is -0.506 e.